The molecule has 2 aromatic heterocycles. The highest BCUT2D eigenvalue weighted by Crippen LogP contribution is 2.39. The fourth-order valence-corrected chi connectivity index (χ4v) is 3.72. The van der Waals surface area contributed by atoms with Gasteiger partial charge in [-0.25, -0.2) is 0 Å². The standard InChI is InChI=1S/C23H19N3O4/c1-30-18-8-2-6-16(11-18)21(27)19-20(17-7-4-10-25-13-17)26(23(29)22(19)28)14-15-5-3-9-24-12-15/h2-13,19-20H,14H2,1H3. The summed E-state index contributed by atoms with van der Waals surface area (Å²) >= 11 is 0. The molecule has 0 saturated carbocycles. The molecule has 3 heterocycles. The normalized spacial score (nSPS) is 18.5. The molecule has 1 amide bonds. The maximum atomic E-state index is 13.4. The van der Waals surface area contributed by atoms with Gasteiger partial charge in [0, 0.05) is 36.9 Å². The van der Waals surface area contributed by atoms with E-state index < -0.39 is 29.4 Å². The van der Waals surface area contributed by atoms with Crippen LogP contribution in [0.1, 0.15) is 27.5 Å². The molecule has 1 aromatic carbocycles. The van der Waals surface area contributed by atoms with Crippen molar-refractivity contribution in [1.82, 2.24) is 14.9 Å². The monoisotopic (exact) mass is 401 g/mol. The Morgan fingerprint density at radius 1 is 1.03 bits per heavy atom. The number of carbonyl (C=O) groups excluding carboxylic acids is 3. The van der Waals surface area contributed by atoms with Gasteiger partial charge in [-0.15, -0.1) is 0 Å². The van der Waals surface area contributed by atoms with Crippen LogP contribution in [0.15, 0.2) is 73.3 Å². The Bertz CT molecular complexity index is 1090. The Hall–Kier alpha value is -3.87. The number of rotatable bonds is 6. The summed E-state index contributed by atoms with van der Waals surface area (Å²) in [6.45, 7) is 0.167. The Balaban J connectivity index is 1.76. The van der Waals surface area contributed by atoms with Crippen LogP contribution in [-0.2, 0) is 16.1 Å². The van der Waals surface area contributed by atoms with E-state index in [4.69, 9.17) is 4.74 Å². The van der Waals surface area contributed by atoms with Crippen molar-refractivity contribution in [2.24, 2.45) is 5.92 Å². The second kappa shape index (κ2) is 8.24. The Morgan fingerprint density at radius 2 is 1.80 bits per heavy atom. The second-order valence-corrected chi connectivity index (χ2v) is 6.96. The van der Waals surface area contributed by atoms with Crippen molar-refractivity contribution in [3.05, 3.63) is 90.0 Å². The maximum absolute atomic E-state index is 13.4. The lowest BCUT2D eigenvalue weighted by Gasteiger charge is -2.27. The minimum Gasteiger partial charge on any atom is -0.497 e. The van der Waals surface area contributed by atoms with E-state index in [-0.39, 0.29) is 6.54 Å². The summed E-state index contributed by atoms with van der Waals surface area (Å²) in [7, 11) is 1.50. The number of Topliss-reactive ketones (excluding diaryl/α,β-unsaturated/α-hetero) is 2. The number of aromatic nitrogens is 2. The zero-order valence-corrected chi connectivity index (χ0v) is 16.3. The highest BCUT2D eigenvalue weighted by atomic mass is 16.5. The quantitative estimate of drug-likeness (QED) is 0.358. The van der Waals surface area contributed by atoms with Gasteiger partial charge in [0.05, 0.1) is 13.2 Å². The molecular weight excluding hydrogens is 382 g/mol. The predicted octanol–water partition coefficient (Wildman–Crippen LogP) is 2.64. The average Bonchev–Trinajstić information content (AvgIpc) is 3.05. The number of carbonyl (C=O) groups is 3. The van der Waals surface area contributed by atoms with E-state index >= 15 is 0 Å². The van der Waals surface area contributed by atoms with Gasteiger partial charge < -0.3 is 9.64 Å². The molecule has 30 heavy (non-hydrogen) atoms. The topological polar surface area (TPSA) is 89.5 Å². The minimum absolute atomic E-state index is 0.167. The van der Waals surface area contributed by atoms with E-state index in [1.807, 2.05) is 6.07 Å². The molecule has 150 valence electrons. The van der Waals surface area contributed by atoms with E-state index in [1.165, 1.54) is 12.0 Å². The summed E-state index contributed by atoms with van der Waals surface area (Å²) in [5.41, 5.74) is 1.71. The molecule has 1 aliphatic rings. The first-order valence-electron chi connectivity index (χ1n) is 9.42. The minimum atomic E-state index is -1.16. The van der Waals surface area contributed by atoms with Gasteiger partial charge in [0.15, 0.2) is 5.78 Å². The van der Waals surface area contributed by atoms with Gasteiger partial charge in [0.2, 0.25) is 5.78 Å². The van der Waals surface area contributed by atoms with Crippen LogP contribution in [0.5, 0.6) is 5.75 Å². The molecular formula is C23H19N3O4. The van der Waals surface area contributed by atoms with Crippen molar-refractivity contribution in [1.29, 1.82) is 0 Å². The third-order valence-corrected chi connectivity index (χ3v) is 5.14. The molecule has 2 atom stereocenters. The third-order valence-electron chi connectivity index (χ3n) is 5.14. The fraction of sp³-hybridized carbons (Fsp3) is 0.174. The van der Waals surface area contributed by atoms with E-state index in [9.17, 15) is 14.4 Å². The van der Waals surface area contributed by atoms with E-state index in [2.05, 4.69) is 9.97 Å². The number of amides is 1. The summed E-state index contributed by atoms with van der Waals surface area (Å²) in [6.07, 6.45) is 6.45. The zero-order chi connectivity index (χ0) is 21.1. The number of hydrogen-bond donors (Lipinski definition) is 0. The summed E-state index contributed by atoms with van der Waals surface area (Å²) in [4.78, 5) is 48.9. The molecule has 0 aliphatic carbocycles. The first-order chi connectivity index (χ1) is 14.6. The van der Waals surface area contributed by atoms with Crippen molar-refractivity contribution in [2.75, 3.05) is 7.11 Å². The zero-order valence-electron chi connectivity index (χ0n) is 16.3. The first kappa shape index (κ1) is 19.4. The van der Waals surface area contributed by atoms with Crippen LogP contribution >= 0.6 is 0 Å². The lowest BCUT2D eigenvalue weighted by Crippen LogP contribution is -2.30. The van der Waals surface area contributed by atoms with Gasteiger partial charge in [-0.2, -0.15) is 0 Å². The van der Waals surface area contributed by atoms with Crippen molar-refractivity contribution in [2.45, 2.75) is 12.6 Å². The SMILES string of the molecule is COc1cccc(C(=O)C2C(=O)C(=O)N(Cc3cccnc3)C2c2cccnc2)c1. The largest absolute Gasteiger partial charge is 0.497 e. The van der Waals surface area contributed by atoms with Crippen LogP contribution in [0.2, 0.25) is 0 Å². The van der Waals surface area contributed by atoms with Crippen LogP contribution in [0.4, 0.5) is 0 Å². The summed E-state index contributed by atoms with van der Waals surface area (Å²) in [5, 5.41) is 0. The summed E-state index contributed by atoms with van der Waals surface area (Å²) < 4.78 is 5.20. The smallest absolute Gasteiger partial charge is 0.291 e. The Labute approximate surface area is 173 Å². The number of hydrogen-bond acceptors (Lipinski definition) is 6. The van der Waals surface area contributed by atoms with Crippen LogP contribution in [-0.4, -0.2) is 39.5 Å². The van der Waals surface area contributed by atoms with Crippen LogP contribution in [0.25, 0.3) is 0 Å². The van der Waals surface area contributed by atoms with Crippen molar-refractivity contribution < 1.29 is 19.1 Å². The maximum Gasteiger partial charge on any atom is 0.291 e. The number of ether oxygens (including phenoxy) is 1. The number of methoxy groups -OCH3 is 1. The van der Waals surface area contributed by atoms with E-state index in [1.54, 1.807) is 67.3 Å². The van der Waals surface area contributed by atoms with Crippen molar-refractivity contribution in [3.8, 4) is 5.75 Å². The van der Waals surface area contributed by atoms with Gasteiger partial charge in [-0.1, -0.05) is 24.3 Å². The second-order valence-electron chi connectivity index (χ2n) is 6.96. The summed E-state index contributed by atoms with van der Waals surface area (Å²) in [5.74, 6) is -2.49. The molecule has 3 aromatic rings. The molecule has 0 spiro atoms. The molecule has 1 saturated heterocycles. The fourth-order valence-electron chi connectivity index (χ4n) is 3.72. The Kier molecular flexibility index (Phi) is 5.34. The molecule has 0 N–H and O–H groups in total. The highest BCUT2D eigenvalue weighted by Gasteiger charge is 2.51. The number of benzene rings is 1. The molecule has 4 rings (SSSR count). The van der Waals surface area contributed by atoms with Gasteiger partial charge in [0.25, 0.3) is 5.91 Å². The van der Waals surface area contributed by atoms with E-state index in [0.717, 1.165) is 5.56 Å². The Morgan fingerprint density at radius 3 is 2.47 bits per heavy atom. The molecule has 0 radical (unpaired) electrons. The third kappa shape index (κ3) is 3.57. The van der Waals surface area contributed by atoms with Gasteiger partial charge in [0.1, 0.15) is 11.7 Å². The van der Waals surface area contributed by atoms with Crippen molar-refractivity contribution in [3.63, 3.8) is 0 Å². The van der Waals surface area contributed by atoms with Gasteiger partial charge in [-0.3, -0.25) is 24.4 Å². The average molecular weight is 401 g/mol. The molecule has 7 heteroatoms. The highest BCUT2D eigenvalue weighted by molar-refractivity contribution is 6.44. The lowest BCUT2D eigenvalue weighted by molar-refractivity contribution is -0.141. The van der Waals surface area contributed by atoms with Crippen LogP contribution in [0.3, 0.4) is 0 Å². The molecule has 1 fully saturated rings. The van der Waals surface area contributed by atoms with Crippen LogP contribution < -0.4 is 4.74 Å². The molecule has 2 unspecified atom stereocenters. The number of likely N-dealkylation sites (tertiary alicyclic amines) is 1. The summed E-state index contributed by atoms with van der Waals surface area (Å²) in [6, 6.07) is 12.9. The van der Waals surface area contributed by atoms with Crippen LogP contribution in [0, 0.1) is 5.92 Å². The first-order valence-corrected chi connectivity index (χ1v) is 9.42. The number of nitrogens with zero attached hydrogens (tertiary/aromatic N) is 3. The molecule has 0 bridgehead atoms. The number of ketones is 2. The van der Waals surface area contributed by atoms with Gasteiger partial charge >= 0.3 is 0 Å². The van der Waals surface area contributed by atoms with Gasteiger partial charge in [-0.05, 0) is 35.4 Å². The lowest BCUT2D eigenvalue weighted by atomic mass is 9.86. The number of pyridine rings is 2. The van der Waals surface area contributed by atoms with E-state index in [0.29, 0.717) is 16.9 Å². The molecule has 7 nitrogen and oxygen atoms in total. The van der Waals surface area contributed by atoms with Crippen molar-refractivity contribution >= 4 is 17.5 Å². The predicted molar refractivity (Wildman–Crippen MR) is 108 cm³/mol. The molecule has 1 aliphatic heterocycles.